The van der Waals surface area contributed by atoms with Crippen LogP contribution in [0.4, 0.5) is 0 Å². The van der Waals surface area contributed by atoms with E-state index in [1.54, 1.807) is 0 Å². The van der Waals surface area contributed by atoms with Crippen molar-refractivity contribution in [3.8, 4) is 0 Å². The number of hydrogen-bond donors (Lipinski definition) is 0. The molecule has 0 heterocycles. The molecule has 1 aliphatic carbocycles. The average Bonchev–Trinajstić information content (AvgIpc) is 2.16. The van der Waals surface area contributed by atoms with Gasteiger partial charge in [-0.1, -0.05) is 44.9 Å². The molecule has 0 amide bonds. The van der Waals surface area contributed by atoms with Crippen molar-refractivity contribution in [2.45, 2.75) is 70.8 Å². The van der Waals surface area contributed by atoms with Gasteiger partial charge < -0.3 is 0 Å². The molecule has 1 nitrogen and oxygen atoms in total. The third kappa shape index (κ3) is 5.07. The highest BCUT2D eigenvalue weighted by molar-refractivity contribution is 5.53. The lowest BCUT2D eigenvalue weighted by Crippen LogP contribution is -2.05. The first-order chi connectivity index (χ1) is 6.43. The minimum Gasteiger partial charge on any atom is -0.295 e. The molecule has 0 N–H and O–H groups in total. The van der Waals surface area contributed by atoms with Gasteiger partial charge in [0.15, 0.2) is 0 Å². The van der Waals surface area contributed by atoms with E-state index in [0.717, 1.165) is 0 Å². The van der Waals surface area contributed by atoms with Crippen LogP contribution >= 0.6 is 0 Å². The third-order valence-corrected chi connectivity index (χ3v) is 2.93. The molecule has 0 spiro atoms. The molecule has 0 aliphatic heterocycles. The summed E-state index contributed by atoms with van der Waals surface area (Å²) in [5, 5.41) is 0. The Morgan fingerprint density at radius 2 is 1.31 bits per heavy atom. The monoisotopic (exact) mass is 181 g/mol. The lowest BCUT2D eigenvalue weighted by molar-refractivity contribution is 0.463. The van der Waals surface area contributed by atoms with Crippen molar-refractivity contribution in [1.82, 2.24) is 0 Å². The average molecular weight is 181 g/mol. The summed E-state index contributed by atoms with van der Waals surface area (Å²) in [6.07, 6.45) is 14.6. The Labute approximate surface area is 82.6 Å². The molecule has 1 fully saturated rings. The molecule has 1 aliphatic rings. The van der Waals surface area contributed by atoms with Crippen molar-refractivity contribution in [2.24, 2.45) is 4.99 Å². The van der Waals surface area contributed by atoms with Crippen LogP contribution in [0.2, 0.25) is 0 Å². The summed E-state index contributed by atoms with van der Waals surface area (Å²) in [7, 11) is 0. The second kappa shape index (κ2) is 7.11. The summed E-state index contributed by atoms with van der Waals surface area (Å²) >= 11 is 0. The van der Waals surface area contributed by atoms with Crippen molar-refractivity contribution < 1.29 is 0 Å². The molecule has 0 atom stereocenters. The highest BCUT2D eigenvalue weighted by Crippen LogP contribution is 2.18. The van der Waals surface area contributed by atoms with Gasteiger partial charge in [0, 0.05) is 6.04 Å². The number of nitrogens with zero attached hydrogens (tertiary/aromatic N) is 1. The highest BCUT2D eigenvalue weighted by atomic mass is 14.8. The summed E-state index contributed by atoms with van der Waals surface area (Å²) < 4.78 is 0. The van der Waals surface area contributed by atoms with Crippen LogP contribution in [-0.4, -0.2) is 12.3 Å². The molecular weight excluding hydrogens is 158 g/mol. The van der Waals surface area contributed by atoms with Crippen LogP contribution in [0, 0.1) is 0 Å². The predicted octanol–water partition coefficient (Wildman–Crippen LogP) is 3.97. The Morgan fingerprint density at radius 1 is 0.846 bits per heavy atom. The Morgan fingerprint density at radius 3 is 1.77 bits per heavy atom. The summed E-state index contributed by atoms with van der Waals surface area (Å²) in [6.45, 7) is 2.04. The molecule has 1 rings (SSSR count). The lowest BCUT2D eigenvalue weighted by Gasteiger charge is -2.13. The topological polar surface area (TPSA) is 12.4 Å². The van der Waals surface area contributed by atoms with Gasteiger partial charge in [-0.25, -0.2) is 0 Å². The van der Waals surface area contributed by atoms with Crippen molar-refractivity contribution in [1.29, 1.82) is 0 Å². The van der Waals surface area contributed by atoms with Crippen LogP contribution in [0.1, 0.15) is 64.7 Å². The van der Waals surface area contributed by atoms with E-state index in [2.05, 4.69) is 4.99 Å². The summed E-state index contributed by atoms with van der Waals surface area (Å²) in [5.74, 6) is 0. The number of rotatable bonds is 1. The van der Waals surface area contributed by atoms with E-state index in [9.17, 15) is 0 Å². The normalized spacial score (nSPS) is 23.5. The fourth-order valence-electron chi connectivity index (χ4n) is 2.15. The number of hydrogen-bond acceptors (Lipinski definition) is 1. The lowest BCUT2D eigenvalue weighted by atomic mass is 9.98. The minimum absolute atomic E-state index is 0.642. The fourth-order valence-corrected chi connectivity index (χ4v) is 2.15. The first-order valence-corrected chi connectivity index (χ1v) is 5.91. The van der Waals surface area contributed by atoms with E-state index >= 15 is 0 Å². The van der Waals surface area contributed by atoms with Gasteiger partial charge >= 0.3 is 0 Å². The van der Waals surface area contributed by atoms with Gasteiger partial charge in [-0.2, -0.15) is 0 Å². The Balaban J connectivity index is 2.26. The molecule has 1 heteroatoms. The van der Waals surface area contributed by atoms with Crippen LogP contribution in [0.5, 0.6) is 0 Å². The zero-order valence-electron chi connectivity index (χ0n) is 8.97. The Bertz CT molecular complexity index is 130. The fraction of sp³-hybridized carbons (Fsp3) is 0.917. The molecule has 0 radical (unpaired) electrons. The standard InChI is InChI=1S/C12H23N/c1-2-13-12-10-8-6-4-3-5-7-9-11-12/h2,12H,3-11H2,1H3. The van der Waals surface area contributed by atoms with Crippen molar-refractivity contribution in [2.75, 3.05) is 0 Å². The van der Waals surface area contributed by atoms with Gasteiger partial charge in [-0.3, -0.25) is 4.99 Å². The van der Waals surface area contributed by atoms with Crippen molar-refractivity contribution >= 4 is 6.21 Å². The smallest absolute Gasteiger partial charge is 0.0495 e. The Kier molecular flexibility index (Phi) is 5.88. The van der Waals surface area contributed by atoms with Gasteiger partial charge in [0.25, 0.3) is 0 Å². The van der Waals surface area contributed by atoms with Gasteiger partial charge in [-0.05, 0) is 26.0 Å². The minimum atomic E-state index is 0.642. The van der Waals surface area contributed by atoms with Gasteiger partial charge in [0.05, 0.1) is 0 Å². The molecule has 1 saturated carbocycles. The first-order valence-electron chi connectivity index (χ1n) is 5.91. The molecule has 13 heavy (non-hydrogen) atoms. The van der Waals surface area contributed by atoms with E-state index < -0.39 is 0 Å². The molecule has 0 saturated heterocycles. The van der Waals surface area contributed by atoms with E-state index in [1.165, 1.54) is 57.8 Å². The van der Waals surface area contributed by atoms with Crippen LogP contribution in [0.15, 0.2) is 4.99 Å². The maximum Gasteiger partial charge on any atom is 0.0495 e. The largest absolute Gasteiger partial charge is 0.295 e. The first kappa shape index (κ1) is 10.7. The SMILES string of the molecule is CC=NC1CCCCCCCCC1. The molecular formula is C12H23N. The second-order valence-corrected chi connectivity index (χ2v) is 4.11. The van der Waals surface area contributed by atoms with Gasteiger partial charge in [0.1, 0.15) is 0 Å². The molecule has 0 aromatic carbocycles. The predicted molar refractivity (Wildman–Crippen MR) is 59.5 cm³/mol. The molecule has 0 bridgehead atoms. The third-order valence-electron chi connectivity index (χ3n) is 2.93. The maximum absolute atomic E-state index is 4.53. The van der Waals surface area contributed by atoms with Gasteiger partial charge in [-0.15, -0.1) is 0 Å². The zero-order valence-corrected chi connectivity index (χ0v) is 8.97. The highest BCUT2D eigenvalue weighted by Gasteiger charge is 2.06. The van der Waals surface area contributed by atoms with Crippen LogP contribution in [0.3, 0.4) is 0 Å². The van der Waals surface area contributed by atoms with Gasteiger partial charge in [0.2, 0.25) is 0 Å². The molecule has 0 unspecified atom stereocenters. The number of aliphatic imine (C=N–C) groups is 1. The van der Waals surface area contributed by atoms with Crippen LogP contribution < -0.4 is 0 Å². The van der Waals surface area contributed by atoms with Crippen molar-refractivity contribution in [3.05, 3.63) is 0 Å². The van der Waals surface area contributed by atoms with Crippen LogP contribution in [-0.2, 0) is 0 Å². The molecule has 0 aromatic rings. The van der Waals surface area contributed by atoms with Crippen molar-refractivity contribution in [3.63, 3.8) is 0 Å². The summed E-state index contributed by atoms with van der Waals surface area (Å²) in [6, 6.07) is 0.642. The van der Waals surface area contributed by atoms with Crippen LogP contribution in [0.25, 0.3) is 0 Å². The van der Waals surface area contributed by atoms with E-state index in [-0.39, 0.29) is 0 Å². The molecule has 76 valence electrons. The quantitative estimate of drug-likeness (QED) is 0.543. The summed E-state index contributed by atoms with van der Waals surface area (Å²) in [4.78, 5) is 4.53. The van der Waals surface area contributed by atoms with E-state index in [4.69, 9.17) is 0 Å². The van der Waals surface area contributed by atoms with E-state index in [0.29, 0.717) is 6.04 Å². The Hall–Kier alpha value is -0.330. The summed E-state index contributed by atoms with van der Waals surface area (Å²) in [5.41, 5.74) is 0. The molecule has 0 aromatic heterocycles. The van der Waals surface area contributed by atoms with E-state index in [1.807, 2.05) is 13.1 Å². The zero-order chi connectivity index (χ0) is 9.36. The second-order valence-electron chi connectivity index (χ2n) is 4.11. The maximum atomic E-state index is 4.53.